The maximum Gasteiger partial charge on any atom is 0.125 e. The first-order chi connectivity index (χ1) is 8.79. The van der Waals surface area contributed by atoms with E-state index < -0.39 is 0 Å². The van der Waals surface area contributed by atoms with Gasteiger partial charge in [-0.3, -0.25) is 4.98 Å². The van der Waals surface area contributed by atoms with Gasteiger partial charge < -0.3 is 10.5 Å². The van der Waals surface area contributed by atoms with Crippen molar-refractivity contribution in [3.63, 3.8) is 0 Å². The molecule has 1 heterocycles. The Morgan fingerprint density at radius 1 is 1.11 bits per heavy atom. The fourth-order valence-electron chi connectivity index (χ4n) is 1.80. The van der Waals surface area contributed by atoms with Gasteiger partial charge in [0.2, 0.25) is 0 Å². The number of hydrogen-bond acceptors (Lipinski definition) is 3. The number of aromatic nitrogens is 1. The molecule has 0 amide bonds. The van der Waals surface area contributed by atoms with E-state index in [4.69, 9.17) is 10.5 Å². The minimum Gasteiger partial charge on any atom is -0.486 e. The van der Waals surface area contributed by atoms with Gasteiger partial charge in [-0.25, -0.2) is 0 Å². The van der Waals surface area contributed by atoms with Crippen LogP contribution in [0.2, 0.25) is 0 Å². The number of halogens is 1. The van der Waals surface area contributed by atoms with Crippen LogP contribution in [0.4, 0.5) is 0 Å². The van der Waals surface area contributed by atoms with Crippen molar-refractivity contribution >= 4 is 12.4 Å². The molecule has 0 bridgehead atoms. The monoisotopic (exact) mass is 278 g/mol. The molecule has 0 radical (unpaired) electrons. The third-order valence-corrected chi connectivity index (χ3v) is 2.81. The van der Waals surface area contributed by atoms with Gasteiger partial charge in [0.05, 0.1) is 0 Å². The number of hydrogen-bond donors (Lipinski definition) is 1. The van der Waals surface area contributed by atoms with E-state index in [-0.39, 0.29) is 18.5 Å². The molecule has 1 aromatic carbocycles. The van der Waals surface area contributed by atoms with E-state index in [1.54, 1.807) is 12.4 Å². The van der Waals surface area contributed by atoms with Crippen molar-refractivity contribution in [2.45, 2.75) is 19.4 Å². The summed E-state index contributed by atoms with van der Waals surface area (Å²) in [6, 6.07) is 12.0. The maximum absolute atomic E-state index is 5.99. The van der Waals surface area contributed by atoms with Crippen molar-refractivity contribution < 1.29 is 4.74 Å². The van der Waals surface area contributed by atoms with Gasteiger partial charge >= 0.3 is 0 Å². The highest BCUT2D eigenvalue weighted by molar-refractivity contribution is 5.85. The molecule has 1 aromatic heterocycles. The number of benzene rings is 1. The Hall–Kier alpha value is -1.58. The molecule has 0 aliphatic heterocycles. The van der Waals surface area contributed by atoms with E-state index in [0.29, 0.717) is 6.54 Å². The fraction of sp³-hybridized carbons (Fsp3) is 0.267. The lowest BCUT2D eigenvalue weighted by Gasteiger charge is -2.19. The largest absolute Gasteiger partial charge is 0.486 e. The van der Waals surface area contributed by atoms with E-state index in [0.717, 1.165) is 17.7 Å². The van der Waals surface area contributed by atoms with Crippen molar-refractivity contribution in [3.8, 4) is 5.75 Å². The molecule has 1 atom stereocenters. The van der Waals surface area contributed by atoms with Crippen LogP contribution in [-0.4, -0.2) is 11.5 Å². The van der Waals surface area contributed by atoms with Crippen LogP contribution in [0, 0.1) is 6.92 Å². The van der Waals surface area contributed by atoms with Crippen molar-refractivity contribution in [2.24, 2.45) is 5.73 Å². The first-order valence-corrected chi connectivity index (χ1v) is 6.13. The summed E-state index contributed by atoms with van der Waals surface area (Å²) in [4.78, 5) is 4.02. The van der Waals surface area contributed by atoms with Crippen LogP contribution in [0.15, 0.2) is 48.8 Å². The summed E-state index contributed by atoms with van der Waals surface area (Å²) >= 11 is 0. The van der Waals surface area contributed by atoms with E-state index in [1.807, 2.05) is 36.4 Å². The Kier molecular flexibility index (Phi) is 6.33. The molecule has 4 heteroatoms. The summed E-state index contributed by atoms with van der Waals surface area (Å²) in [6.45, 7) is 2.66. The molecule has 0 saturated heterocycles. The predicted molar refractivity (Wildman–Crippen MR) is 79.7 cm³/mol. The molecular weight excluding hydrogens is 260 g/mol. The minimum atomic E-state index is -0.0132. The standard InChI is InChI=1S/C15H18N2O.ClH/c1-12-2-4-14(5-3-12)18-15(6-9-16)13-7-10-17-11-8-13;/h2-5,7-8,10-11,15H,6,9,16H2,1H3;1H. The molecule has 1 unspecified atom stereocenters. The Morgan fingerprint density at radius 3 is 2.32 bits per heavy atom. The molecular formula is C15H19ClN2O. The van der Waals surface area contributed by atoms with Crippen molar-refractivity contribution in [3.05, 3.63) is 59.9 Å². The SMILES string of the molecule is Cc1ccc(OC(CCN)c2ccncc2)cc1.Cl. The zero-order chi connectivity index (χ0) is 12.8. The molecule has 102 valence electrons. The van der Waals surface area contributed by atoms with E-state index in [1.165, 1.54) is 5.56 Å². The van der Waals surface area contributed by atoms with Gasteiger partial charge in [0, 0.05) is 18.8 Å². The second kappa shape index (κ2) is 7.77. The van der Waals surface area contributed by atoms with Gasteiger partial charge in [-0.2, -0.15) is 0 Å². The minimum absolute atomic E-state index is 0. The molecule has 0 spiro atoms. The third kappa shape index (κ3) is 4.54. The number of aryl methyl sites for hydroxylation is 1. The summed E-state index contributed by atoms with van der Waals surface area (Å²) in [6.07, 6.45) is 4.33. The number of pyridine rings is 1. The molecule has 2 aromatic rings. The zero-order valence-electron chi connectivity index (χ0n) is 11.0. The summed E-state index contributed by atoms with van der Waals surface area (Å²) in [5.41, 5.74) is 7.98. The lowest BCUT2D eigenvalue weighted by atomic mass is 10.1. The highest BCUT2D eigenvalue weighted by atomic mass is 35.5. The van der Waals surface area contributed by atoms with Gasteiger partial charge in [0.1, 0.15) is 11.9 Å². The normalized spacial score (nSPS) is 11.5. The fourth-order valence-corrected chi connectivity index (χ4v) is 1.80. The molecule has 0 aliphatic rings. The lowest BCUT2D eigenvalue weighted by Crippen LogP contribution is -2.13. The van der Waals surface area contributed by atoms with Gasteiger partial charge in [-0.05, 0) is 43.3 Å². The third-order valence-electron chi connectivity index (χ3n) is 2.81. The van der Waals surface area contributed by atoms with Crippen molar-refractivity contribution in [2.75, 3.05) is 6.54 Å². The van der Waals surface area contributed by atoms with Crippen LogP contribution in [0.25, 0.3) is 0 Å². The summed E-state index contributed by atoms with van der Waals surface area (Å²) in [5, 5.41) is 0. The molecule has 2 rings (SSSR count). The smallest absolute Gasteiger partial charge is 0.125 e. The van der Waals surface area contributed by atoms with E-state index >= 15 is 0 Å². The number of rotatable bonds is 5. The Morgan fingerprint density at radius 2 is 1.74 bits per heavy atom. The molecule has 0 saturated carbocycles. The Balaban J connectivity index is 0.00000180. The highest BCUT2D eigenvalue weighted by Gasteiger charge is 2.12. The predicted octanol–water partition coefficient (Wildman–Crippen LogP) is 3.28. The Bertz CT molecular complexity index is 473. The average Bonchev–Trinajstić information content (AvgIpc) is 2.42. The summed E-state index contributed by atoms with van der Waals surface area (Å²) < 4.78 is 5.99. The molecule has 0 fully saturated rings. The lowest BCUT2D eigenvalue weighted by molar-refractivity contribution is 0.197. The quantitative estimate of drug-likeness (QED) is 0.913. The van der Waals surface area contributed by atoms with Crippen molar-refractivity contribution in [1.29, 1.82) is 0 Å². The molecule has 2 N–H and O–H groups in total. The highest BCUT2D eigenvalue weighted by Crippen LogP contribution is 2.24. The van der Waals surface area contributed by atoms with Crippen LogP contribution in [0.3, 0.4) is 0 Å². The van der Waals surface area contributed by atoms with Gasteiger partial charge in [0.25, 0.3) is 0 Å². The average molecular weight is 279 g/mol. The number of nitrogens with zero attached hydrogens (tertiary/aromatic N) is 1. The first kappa shape index (κ1) is 15.5. The molecule has 3 nitrogen and oxygen atoms in total. The van der Waals surface area contributed by atoms with Crippen LogP contribution in [0.5, 0.6) is 5.75 Å². The second-order valence-electron chi connectivity index (χ2n) is 4.28. The van der Waals surface area contributed by atoms with Crippen LogP contribution >= 0.6 is 12.4 Å². The van der Waals surface area contributed by atoms with Crippen LogP contribution in [-0.2, 0) is 0 Å². The maximum atomic E-state index is 5.99. The molecule has 19 heavy (non-hydrogen) atoms. The zero-order valence-corrected chi connectivity index (χ0v) is 11.8. The second-order valence-corrected chi connectivity index (χ2v) is 4.28. The number of nitrogens with two attached hydrogens (primary N) is 1. The van der Waals surface area contributed by atoms with E-state index in [2.05, 4.69) is 11.9 Å². The van der Waals surface area contributed by atoms with Gasteiger partial charge in [0.15, 0.2) is 0 Å². The summed E-state index contributed by atoms with van der Waals surface area (Å²) in [7, 11) is 0. The van der Waals surface area contributed by atoms with Crippen LogP contribution < -0.4 is 10.5 Å². The topological polar surface area (TPSA) is 48.1 Å². The van der Waals surface area contributed by atoms with Crippen molar-refractivity contribution in [1.82, 2.24) is 4.98 Å². The number of ether oxygens (including phenoxy) is 1. The van der Waals surface area contributed by atoms with Gasteiger partial charge in [-0.15, -0.1) is 12.4 Å². The van der Waals surface area contributed by atoms with Crippen LogP contribution in [0.1, 0.15) is 23.7 Å². The summed E-state index contributed by atoms with van der Waals surface area (Å²) in [5.74, 6) is 0.871. The first-order valence-electron chi connectivity index (χ1n) is 6.13. The molecule has 0 aliphatic carbocycles. The van der Waals surface area contributed by atoms with E-state index in [9.17, 15) is 0 Å². The Labute approximate surface area is 120 Å². The van der Waals surface area contributed by atoms with Gasteiger partial charge in [-0.1, -0.05) is 17.7 Å².